The molecule has 4 rings (SSSR count). The number of halogens is 1. The Bertz CT molecular complexity index is 918. The van der Waals surface area contributed by atoms with Gasteiger partial charge in [-0.2, -0.15) is 5.10 Å². The number of hydrogen-bond acceptors (Lipinski definition) is 5. The molecule has 0 radical (unpaired) electrons. The van der Waals surface area contributed by atoms with E-state index in [-0.39, 0.29) is 41.9 Å². The smallest absolute Gasteiger partial charge is 0.230 e. The number of hydrogen-bond donors (Lipinski definition) is 2. The van der Waals surface area contributed by atoms with Gasteiger partial charge in [0.25, 0.3) is 0 Å². The van der Waals surface area contributed by atoms with Gasteiger partial charge in [0.1, 0.15) is 0 Å². The molecule has 0 spiro atoms. The number of rotatable bonds is 4. The minimum Gasteiger partial charge on any atom is -0.365 e. The summed E-state index contributed by atoms with van der Waals surface area (Å²) in [4.78, 5) is 29.2. The molecular formula is C21H26FN5O2. The Kier molecular flexibility index (Phi) is 5.10. The molecule has 8 heteroatoms. The Morgan fingerprint density at radius 3 is 2.93 bits per heavy atom. The number of nitrogens with one attached hydrogen (secondary N) is 2. The number of carbonyl (C=O) groups excluding carboxylic acids is 2. The number of amidine groups is 1. The molecule has 2 N–H and O–H groups in total. The van der Waals surface area contributed by atoms with E-state index in [4.69, 9.17) is 0 Å². The third kappa shape index (κ3) is 3.41. The molecule has 1 saturated heterocycles. The van der Waals surface area contributed by atoms with Crippen LogP contribution in [0.4, 0.5) is 4.39 Å². The van der Waals surface area contributed by atoms with E-state index >= 15 is 4.39 Å². The highest BCUT2D eigenvalue weighted by molar-refractivity contribution is 6.02. The summed E-state index contributed by atoms with van der Waals surface area (Å²) in [5.41, 5.74) is 1.21. The second-order valence-electron chi connectivity index (χ2n) is 8.16. The summed E-state index contributed by atoms with van der Waals surface area (Å²) in [5, 5.41) is 10.2. The van der Waals surface area contributed by atoms with Crippen LogP contribution in [0.5, 0.6) is 0 Å². The van der Waals surface area contributed by atoms with Crippen LogP contribution in [0.25, 0.3) is 0 Å². The molecule has 3 heterocycles. The van der Waals surface area contributed by atoms with Crippen molar-refractivity contribution >= 4 is 17.5 Å². The molecule has 7 nitrogen and oxygen atoms in total. The van der Waals surface area contributed by atoms with Crippen LogP contribution in [0, 0.1) is 17.8 Å². The summed E-state index contributed by atoms with van der Waals surface area (Å²) in [6.07, 6.45) is 7.39. The predicted octanol–water partition coefficient (Wildman–Crippen LogP) is 1.99. The molecule has 1 aromatic heterocycles. The number of aromatic nitrogens is 2. The second-order valence-corrected chi connectivity index (χ2v) is 8.16. The Labute approximate surface area is 169 Å². The van der Waals surface area contributed by atoms with Gasteiger partial charge in [-0.3, -0.25) is 19.3 Å². The summed E-state index contributed by atoms with van der Waals surface area (Å²) in [6, 6.07) is -0.591. The lowest BCUT2D eigenvalue weighted by atomic mass is 9.74. The summed E-state index contributed by atoms with van der Waals surface area (Å²) < 4.78 is 16.9. The predicted molar refractivity (Wildman–Crippen MR) is 107 cm³/mol. The summed E-state index contributed by atoms with van der Waals surface area (Å²) in [6.45, 7) is 5.80. The first-order chi connectivity index (χ1) is 13.9. The second kappa shape index (κ2) is 7.57. The molecule has 154 valence electrons. The van der Waals surface area contributed by atoms with E-state index in [1.807, 2.05) is 6.92 Å². The molecule has 3 aliphatic rings. The van der Waals surface area contributed by atoms with Crippen LogP contribution in [0.1, 0.15) is 37.8 Å². The normalized spacial score (nSPS) is 31.8. The fourth-order valence-electron chi connectivity index (χ4n) is 4.79. The molecule has 0 bridgehead atoms. The van der Waals surface area contributed by atoms with Crippen molar-refractivity contribution in [2.24, 2.45) is 29.8 Å². The molecule has 1 saturated carbocycles. The number of aliphatic imine (C=N–C) groups is 1. The zero-order valence-corrected chi connectivity index (χ0v) is 16.7. The molecule has 29 heavy (non-hydrogen) atoms. The molecule has 2 fully saturated rings. The van der Waals surface area contributed by atoms with Crippen LogP contribution >= 0.6 is 0 Å². The largest absolute Gasteiger partial charge is 0.365 e. The molecular weight excluding hydrogens is 373 g/mol. The summed E-state index contributed by atoms with van der Waals surface area (Å²) in [7, 11) is 1.79. The van der Waals surface area contributed by atoms with Gasteiger partial charge in [-0.15, -0.1) is 0 Å². The number of nitrogens with zero attached hydrogens (tertiary/aromatic N) is 3. The van der Waals surface area contributed by atoms with Gasteiger partial charge in [0.15, 0.2) is 17.4 Å². The molecule has 2 aliphatic heterocycles. The number of allylic oxidation sites excluding steroid dienone is 1. The van der Waals surface area contributed by atoms with Crippen LogP contribution < -0.4 is 10.6 Å². The van der Waals surface area contributed by atoms with Crippen LogP contribution in [0.3, 0.4) is 0 Å². The van der Waals surface area contributed by atoms with E-state index in [1.54, 1.807) is 24.1 Å². The first kappa shape index (κ1) is 19.5. The van der Waals surface area contributed by atoms with Crippen molar-refractivity contribution in [2.45, 2.75) is 38.3 Å². The molecule has 1 aromatic rings. The van der Waals surface area contributed by atoms with Gasteiger partial charge >= 0.3 is 0 Å². The minimum absolute atomic E-state index is 0.0345. The zero-order valence-electron chi connectivity index (χ0n) is 16.7. The monoisotopic (exact) mass is 399 g/mol. The quantitative estimate of drug-likeness (QED) is 0.758. The van der Waals surface area contributed by atoms with Gasteiger partial charge in [-0.05, 0) is 24.8 Å². The number of ketones is 1. The first-order valence-corrected chi connectivity index (χ1v) is 10.1. The number of dihydropyridines is 1. The Morgan fingerprint density at radius 1 is 1.45 bits per heavy atom. The molecule has 1 aliphatic carbocycles. The van der Waals surface area contributed by atoms with Gasteiger partial charge < -0.3 is 10.6 Å². The van der Waals surface area contributed by atoms with Crippen molar-refractivity contribution < 1.29 is 14.0 Å². The maximum absolute atomic E-state index is 15.3. The van der Waals surface area contributed by atoms with Crippen LogP contribution in [-0.4, -0.2) is 39.9 Å². The summed E-state index contributed by atoms with van der Waals surface area (Å²) >= 11 is 0. The SMILES string of the molecule is C=CC(=O)C1CCC[C@@H](NC2=NC(c3cnn(C)c3)C3C(=O)NCC3=C2F)[C@H]1C. The van der Waals surface area contributed by atoms with E-state index in [9.17, 15) is 9.59 Å². The van der Waals surface area contributed by atoms with Crippen molar-refractivity contribution in [3.63, 3.8) is 0 Å². The lowest BCUT2D eigenvalue weighted by Crippen LogP contribution is -2.47. The van der Waals surface area contributed by atoms with Crippen molar-refractivity contribution in [2.75, 3.05) is 6.54 Å². The summed E-state index contributed by atoms with van der Waals surface area (Å²) in [5.74, 6) is -1.20. The highest BCUT2D eigenvalue weighted by Crippen LogP contribution is 2.40. The van der Waals surface area contributed by atoms with Gasteiger partial charge in [0.05, 0.1) is 18.2 Å². The average Bonchev–Trinajstić information content (AvgIpc) is 3.31. The maximum Gasteiger partial charge on any atom is 0.230 e. The third-order valence-electron chi connectivity index (χ3n) is 6.44. The third-order valence-corrected chi connectivity index (χ3v) is 6.44. The van der Waals surface area contributed by atoms with Gasteiger partial charge in [0, 0.05) is 42.9 Å². The van der Waals surface area contributed by atoms with E-state index in [1.165, 1.54) is 6.08 Å². The number of carbonyl (C=O) groups is 2. The van der Waals surface area contributed by atoms with Gasteiger partial charge in [-0.25, -0.2) is 4.39 Å². The fourth-order valence-corrected chi connectivity index (χ4v) is 4.79. The zero-order chi connectivity index (χ0) is 20.7. The van der Waals surface area contributed by atoms with E-state index in [0.717, 1.165) is 24.8 Å². The number of fused-ring (bicyclic) bond motifs is 1. The highest BCUT2D eigenvalue weighted by Gasteiger charge is 2.44. The van der Waals surface area contributed by atoms with E-state index in [2.05, 4.69) is 27.3 Å². The lowest BCUT2D eigenvalue weighted by molar-refractivity contribution is -0.122. The van der Waals surface area contributed by atoms with Gasteiger partial charge in [-0.1, -0.05) is 19.9 Å². The number of aryl methyl sites for hydroxylation is 1. The Hall–Kier alpha value is -2.77. The van der Waals surface area contributed by atoms with Crippen LogP contribution in [-0.2, 0) is 16.6 Å². The topological polar surface area (TPSA) is 88.4 Å². The fraction of sp³-hybridized carbons (Fsp3) is 0.524. The van der Waals surface area contributed by atoms with Crippen LogP contribution in [0.2, 0.25) is 0 Å². The average molecular weight is 399 g/mol. The molecule has 1 amide bonds. The van der Waals surface area contributed by atoms with Gasteiger partial charge in [0.2, 0.25) is 5.91 Å². The van der Waals surface area contributed by atoms with Crippen molar-refractivity contribution in [3.05, 3.63) is 42.0 Å². The van der Waals surface area contributed by atoms with Crippen molar-refractivity contribution in [1.29, 1.82) is 0 Å². The highest BCUT2D eigenvalue weighted by atomic mass is 19.1. The van der Waals surface area contributed by atoms with E-state index < -0.39 is 17.8 Å². The minimum atomic E-state index is -0.649. The maximum atomic E-state index is 15.3. The molecule has 5 atom stereocenters. The molecule has 3 unspecified atom stereocenters. The first-order valence-electron chi connectivity index (χ1n) is 10.1. The van der Waals surface area contributed by atoms with Crippen molar-refractivity contribution in [1.82, 2.24) is 20.4 Å². The van der Waals surface area contributed by atoms with E-state index in [0.29, 0.717) is 5.57 Å². The van der Waals surface area contributed by atoms with Crippen molar-refractivity contribution in [3.8, 4) is 0 Å². The molecule has 0 aromatic carbocycles. The number of amides is 1. The Balaban J connectivity index is 1.64. The standard InChI is InChI=1S/C21H26FN5O2/c1-4-16(28)13-6-5-7-15(11(13)2)25-20-18(22)14-9-23-21(29)17(14)19(26-20)12-8-24-27(3)10-12/h4,8,10-11,13,15,17,19H,1,5-7,9H2,2-3H3,(H,23,29)(H,25,26)/t11-,13?,15+,17?,19?/m0/s1. The van der Waals surface area contributed by atoms with Crippen LogP contribution in [0.15, 0.2) is 41.4 Å². The Morgan fingerprint density at radius 2 is 2.24 bits per heavy atom. The lowest BCUT2D eigenvalue weighted by Gasteiger charge is -2.37.